The number of furan rings is 1. The van der Waals surface area contributed by atoms with Crippen molar-refractivity contribution in [1.29, 1.82) is 0 Å². The molecule has 2 N–H and O–H groups in total. The number of carbonyl (C=O) groups is 1. The van der Waals surface area contributed by atoms with Crippen LogP contribution in [0.4, 0.5) is 5.69 Å². The number of carbonyl (C=O) groups excluding carboxylic acids is 1. The van der Waals surface area contributed by atoms with Gasteiger partial charge < -0.3 is 15.1 Å². The van der Waals surface area contributed by atoms with Crippen LogP contribution >= 0.6 is 0 Å². The predicted octanol–water partition coefficient (Wildman–Crippen LogP) is 2.82. The molecule has 1 atom stereocenters. The number of pyridine rings is 1. The van der Waals surface area contributed by atoms with Crippen LogP contribution in [0, 0.1) is 0 Å². The maximum atomic E-state index is 12.0. The molecule has 5 nitrogen and oxygen atoms in total. The van der Waals surface area contributed by atoms with Gasteiger partial charge in [0.25, 0.3) is 5.91 Å². The van der Waals surface area contributed by atoms with Gasteiger partial charge in [-0.1, -0.05) is 6.92 Å². The van der Waals surface area contributed by atoms with Gasteiger partial charge in [0.15, 0.2) is 0 Å². The van der Waals surface area contributed by atoms with Crippen LogP contribution in [0.25, 0.3) is 0 Å². The molecule has 5 heteroatoms. The normalized spacial score (nSPS) is 11.9. The fourth-order valence-electron chi connectivity index (χ4n) is 1.70. The minimum Gasteiger partial charge on any atom is -0.467 e. The number of rotatable bonds is 6. The van der Waals surface area contributed by atoms with Crippen molar-refractivity contribution in [3.8, 4) is 0 Å². The lowest BCUT2D eigenvalue weighted by Crippen LogP contribution is -2.24. The molecule has 0 aliphatic heterocycles. The first-order valence-corrected chi connectivity index (χ1v) is 6.72. The zero-order valence-electron chi connectivity index (χ0n) is 11.7. The van der Waals surface area contributed by atoms with Crippen molar-refractivity contribution < 1.29 is 9.21 Å². The van der Waals surface area contributed by atoms with E-state index in [1.807, 2.05) is 12.1 Å². The van der Waals surface area contributed by atoms with Crippen molar-refractivity contribution in [3.05, 3.63) is 48.2 Å². The van der Waals surface area contributed by atoms with Crippen molar-refractivity contribution >= 4 is 11.6 Å². The average molecular weight is 273 g/mol. The lowest BCUT2D eigenvalue weighted by molar-refractivity contribution is 0.0943. The summed E-state index contributed by atoms with van der Waals surface area (Å²) >= 11 is 0. The number of hydrogen-bond acceptors (Lipinski definition) is 4. The Morgan fingerprint density at radius 1 is 1.45 bits per heavy atom. The van der Waals surface area contributed by atoms with Gasteiger partial charge in [-0.25, -0.2) is 0 Å². The lowest BCUT2D eigenvalue weighted by Gasteiger charge is -2.13. The molecule has 2 aromatic rings. The summed E-state index contributed by atoms with van der Waals surface area (Å²) in [5, 5.41) is 6.09. The second-order valence-corrected chi connectivity index (χ2v) is 4.65. The molecule has 0 aliphatic carbocycles. The van der Waals surface area contributed by atoms with E-state index in [0.717, 1.165) is 12.1 Å². The molecular formula is C15H19N3O2. The molecule has 106 valence electrons. The van der Waals surface area contributed by atoms with Gasteiger partial charge in [-0.3, -0.25) is 9.78 Å². The number of hydrogen-bond donors (Lipinski definition) is 2. The summed E-state index contributed by atoms with van der Waals surface area (Å²) in [6.45, 7) is 4.56. The third-order valence-electron chi connectivity index (χ3n) is 3.02. The van der Waals surface area contributed by atoms with E-state index < -0.39 is 0 Å². The molecule has 1 amide bonds. The van der Waals surface area contributed by atoms with Crippen molar-refractivity contribution in [2.45, 2.75) is 32.9 Å². The summed E-state index contributed by atoms with van der Waals surface area (Å²) in [5.41, 5.74) is 1.29. The van der Waals surface area contributed by atoms with Crippen molar-refractivity contribution in [3.63, 3.8) is 0 Å². The van der Waals surface area contributed by atoms with E-state index in [-0.39, 0.29) is 5.91 Å². The Hall–Kier alpha value is -2.30. The lowest BCUT2D eigenvalue weighted by atomic mass is 10.2. The van der Waals surface area contributed by atoms with Gasteiger partial charge in [0.05, 0.1) is 12.8 Å². The van der Waals surface area contributed by atoms with Gasteiger partial charge in [0.1, 0.15) is 11.5 Å². The molecule has 2 aromatic heterocycles. The standard InChI is InChI=1S/C15H19N3O2/c1-3-11(2)18-12-6-7-16-14(9-12)15(19)17-10-13-5-4-8-20-13/h4-9,11H,3,10H2,1-2H3,(H,16,18)(H,17,19). The summed E-state index contributed by atoms with van der Waals surface area (Å²) in [4.78, 5) is 16.1. The summed E-state index contributed by atoms with van der Waals surface area (Å²) in [6.07, 6.45) is 4.23. The Morgan fingerprint density at radius 2 is 2.30 bits per heavy atom. The van der Waals surface area contributed by atoms with Gasteiger partial charge in [0.2, 0.25) is 0 Å². The molecule has 0 aromatic carbocycles. The highest BCUT2D eigenvalue weighted by molar-refractivity contribution is 5.93. The average Bonchev–Trinajstić information content (AvgIpc) is 2.98. The highest BCUT2D eigenvalue weighted by atomic mass is 16.3. The molecule has 0 saturated heterocycles. The fraction of sp³-hybridized carbons (Fsp3) is 0.333. The van der Waals surface area contributed by atoms with E-state index in [4.69, 9.17) is 4.42 Å². The molecule has 2 heterocycles. The minimum atomic E-state index is -0.214. The zero-order chi connectivity index (χ0) is 14.4. The summed E-state index contributed by atoms with van der Waals surface area (Å²) in [7, 11) is 0. The second kappa shape index (κ2) is 6.75. The van der Waals surface area contributed by atoms with Crippen LogP contribution < -0.4 is 10.6 Å². The van der Waals surface area contributed by atoms with Gasteiger partial charge in [-0.05, 0) is 37.6 Å². The van der Waals surface area contributed by atoms with Crippen LogP contribution in [-0.2, 0) is 6.54 Å². The first-order chi connectivity index (χ1) is 9.69. The molecule has 0 bridgehead atoms. The third kappa shape index (κ3) is 3.85. The van der Waals surface area contributed by atoms with E-state index in [2.05, 4.69) is 29.5 Å². The Morgan fingerprint density at radius 3 is 3.00 bits per heavy atom. The van der Waals surface area contributed by atoms with Crippen LogP contribution in [0.1, 0.15) is 36.5 Å². The zero-order valence-corrected chi connectivity index (χ0v) is 11.7. The molecule has 0 radical (unpaired) electrons. The molecule has 1 unspecified atom stereocenters. The van der Waals surface area contributed by atoms with Crippen molar-refractivity contribution in [2.24, 2.45) is 0 Å². The molecule has 0 fully saturated rings. The number of anilines is 1. The third-order valence-corrected chi connectivity index (χ3v) is 3.02. The largest absolute Gasteiger partial charge is 0.467 e. The Kier molecular flexibility index (Phi) is 4.76. The van der Waals surface area contributed by atoms with Crippen molar-refractivity contribution in [1.82, 2.24) is 10.3 Å². The van der Waals surface area contributed by atoms with Gasteiger partial charge in [-0.15, -0.1) is 0 Å². The van der Waals surface area contributed by atoms with Crippen LogP contribution in [0.3, 0.4) is 0 Å². The topological polar surface area (TPSA) is 67.2 Å². The van der Waals surface area contributed by atoms with E-state index in [1.165, 1.54) is 0 Å². The molecule has 20 heavy (non-hydrogen) atoms. The maximum Gasteiger partial charge on any atom is 0.270 e. The maximum absolute atomic E-state index is 12.0. The highest BCUT2D eigenvalue weighted by Gasteiger charge is 2.09. The quantitative estimate of drug-likeness (QED) is 0.849. The van der Waals surface area contributed by atoms with Crippen LogP contribution in [0.5, 0.6) is 0 Å². The number of nitrogens with zero attached hydrogens (tertiary/aromatic N) is 1. The smallest absolute Gasteiger partial charge is 0.270 e. The number of amides is 1. The molecule has 0 aliphatic rings. The van der Waals surface area contributed by atoms with E-state index in [9.17, 15) is 4.79 Å². The Balaban J connectivity index is 1.97. The summed E-state index contributed by atoms with van der Waals surface area (Å²) in [6, 6.07) is 7.57. The number of nitrogens with one attached hydrogen (secondary N) is 2. The minimum absolute atomic E-state index is 0.214. The van der Waals surface area contributed by atoms with Gasteiger partial charge in [-0.2, -0.15) is 0 Å². The molecule has 2 rings (SSSR count). The highest BCUT2D eigenvalue weighted by Crippen LogP contribution is 2.11. The summed E-state index contributed by atoms with van der Waals surface area (Å²) < 4.78 is 5.16. The SMILES string of the molecule is CCC(C)Nc1ccnc(C(=O)NCc2ccco2)c1. The summed E-state index contributed by atoms with van der Waals surface area (Å²) in [5.74, 6) is 0.501. The first-order valence-electron chi connectivity index (χ1n) is 6.72. The van der Waals surface area contributed by atoms with Crippen LogP contribution in [0.2, 0.25) is 0 Å². The van der Waals surface area contributed by atoms with E-state index in [0.29, 0.717) is 24.0 Å². The second-order valence-electron chi connectivity index (χ2n) is 4.65. The Bertz CT molecular complexity index is 552. The molecular weight excluding hydrogens is 254 g/mol. The van der Waals surface area contributed by atoms with Gasteiger partial charge in [0, 0.05) is 17.9 Å². The van der Waals surface area contributed by atoms with Crippen LogP contribution in [0.15, 0.2) is 41.1 Å². The van der Waals surface area contributed by atoms with E-state index in [1.54, 1.807) is 24.6 Å². The Labute approximate surface area is 118 Å². The van der Waals surface area contributed by atoms with Gasteiger partial charge >= 0.3 is 0 Å². The van der Waals surface area contributed by atoms with E-state index >= 15 is 0 Å². The van der Waals surface area contributed by atoms with Crippen LogP contribution in [-0.4, -0.2) is 16.9 Å². The fourth-order valence-corrected chi connectivity index (χ4v) is 1.70. The monoisotopic (exact) mass is 273 g/mol. The molecule has 0 spiro atoms. The van der Waals surface area contributed by atoms with Crippen molar-refractivity contribution in [2.75, 3.05) is 5.32 Å². The predicted molar refractivity (Wildman–Crippen MR) is 77.5 cm³/mol. The first kappa shape index (κ1) is 14.1. The molecule has 0 saturated carbocycles. The number of aromatic nitrogens is 1.